The van der Waals surface area contributed by atoms with E-state index in [-0.39, 0.29) is 26.8 Å². The minimum absolute atomic E-state index is 0. The second-order valence-electron chi connectivity index (χ2n) is 1.63. The minimum atomic E-state index is -0.787. The molecule has 4 heteroatoms. The first-order chi connectivity index (χ1) is 3.13. The number of aliphatic carboxylic acids is 1. The second kappa shape index (κ2) is 5.17. The largest absolute Gasteiger partial charge is 1.00 e. The molecule has 0 aliphatic heterocycles. The average molecular weight is 111 g/mol. The van der Waals surface area contributed by atoms with Crippen LogP contribution in [0.3, 0.4) is 0 Å². The second-order valence-corrected chi connectivity index (χ2v) is 1.63. The van der Waals surface area contributed by atoms with Crippen LogP contribution >= 0.6 is 0 Å². The van der Waals surface area contributed by atoms with Gasteiger partial charge >= 0.3 is 24.8 Å². The van der Waals surface area contributed by atoms with Crippen LogP contribution in [0, 0.1) is 0 Å². The van der Waals surface area contributed by atoms with Gasteiger partial charge in [-0.25, -0.2) is 0 Å². The van der Waals surface area contributed by atoms with Crippen LogP contribution in [0.15, 0.2) is 0 Å². The first-order valence-corrected chi connectivity index (χ1v) is 1.99. The molecule has 0 rings (SSSR count). The number of carboxylic acids is 1. The normalized spacial score (nSPS) is 8.38. The summed E-state index contributed by atoms with van der Waals surface area (Å²) >= 11 is 0. The zero-order valence-electron chi connectivity index (χ0n) is 6.51. The number of hydrogen-bond donors (Lipinski definition) is 1. The summed E-state index contributed by atoms with van der Waals surface area (Å²) in [7, 11) is 3.43. The first-order valence-electron chi connectivity index (χ1n) is 1.99. The maximum Gasteiger partial charge on any atom is 1.00 e. The summed E-state index contributed by atoms with van der Waals surface area (Å²) in [5, 5.41) is 8.04. The predicted molar refractivity (Wildman–Crippen MR) is 27.3 cm³/mol. The summed E-state index contributed by atoms with van der Waals surface area (Å²) in [6.07, 6.45) is 0. The molecule has 0 aromatic heterocycles. The minimum Gasteiger partial charge on any atom is -1.00 e. The zero-order valence-corrected chi connectivity index (χ0v) is 5.51. The van der Waals surface area contributed by atoms with E-state index in [1.54, 1.807) is 19.0 Å². The number of hydrogen-bond acceptors (Lipinski definition) is 2. The number of likely N-dealkylation sites (N-methyl/N-ethyl adjacent to an activating group) is 1. The summed E-state index contributed by atoms with van der Waals surface area (Å²) in [5.41, 5.74) is 0. The Morgan fingerprint density at radius 3 is 2.12 bits per heavy atom. The van der Waals surface area contributed by atoms with Crippen LogP contribution in [0.25, 0.3) is 0 Å². The molecule has 0 aliphatic rings. The molecule has 0 bridgehead atoms. The zero-order chi connectivity index (χ0) is 5.86. The van der Waals surface area contributed by atoms with Crippen molar-refractivity contribution in [2.24, 2.45) is 0 Å². The number of rotatable bonds is 2. The molecule has 0 fully saturated rings. The monoisotopic (exact) mass is 111 g/mol. The number of carbonyl (C=O) groups is 1. The Morgan fingerprint density at radius 2 is 2.12 bits per heavy atom. The summed E-state index contributed by atoms with van der Waals surface area (Å²) < 4.78 is 0. The van der Waals surface area contributed by atoms with Gasteiger partial charge in [-0.05, 0) is 14.1 Å². The number of nitrogens with zero attached hydrogens (tertiary/aromatic N) is 1. The summed E-state index contributed by atoms with van der Waals surface area (Å²) in [5.74, 6) is -0.787. The molecule has 8 heavy (non-hydrogen) atoms. The molecule has 0 spiro atoms. The third kappa shape index (κ3) is 9.39. The van der Waals surface area contributed by atoms with Crippen molar-refractivity contribution in [3.63, 3.8) is 0 Å². The maximum atomic E-state index is 9.77. The molecule has 0 saturated heterocycles. The van der Waals surface area contributed by atoms with Gasteiger partial charge in [0.15, 0.2) is 0 Å². The summed E-state index contributed by atoms with van der Waals surface area (Å²) in [6, 6.07) is 0. The quantitative estimate of drug-likeness (QED) is 0.380. The Kier molecular flexibility index (Phi) is 7.05. The van der Waals surface area contributed by atoms with Gasteiger partial charge in [0.25, 0.3) is 0 Å². The van der Waals surface area contributed by atoms with E-state index in [4.69, 9.17) is 5.11 Å². The van der Waals surface area contributed by atoms with Gasteiger partial charge in [0.05, 0.1) is 6.54 Å². The van der Waals surface area contributed by atoms with E-state index in [0.29, 0.717) is 0 Å². The van der Waals surface area contributed by atoms with Crippen LogP contribution < -0.4 is 18.9 Å². The predicted octanol–water partition coefficient (Wildman–Crippen LogP) is -3.25. The van der Waals surface area contributed by atoms with Gasteiger partial charge in [0.1, 0.15) is 0 Å². The molecule has 0 aliphatic carbocycles. The Morgan fingerprint density at radius 1 is 1.75 bits per heavy atom. The van der Waals surface area contributed by atoms with E-state index in [1.807, 2.05) is 0 Å². The van der Waals surface area contributed by atoms with Gasteiger partial charge in [0, 0.05) is 0 Å². The molecule has 0 saturated carbocycles. The van der Waals surface area contributed by atoms with Crippen LogP contribution in [0.5, 0.6) is 0 Å². The van der Waals surface area contributed by atoms with Gasteiger partial charge in [-0.3, -0.25) is 9.69 Å². The standard InChI is InChI=1S/C4H9NO2.Li.H/c1-5(2)3-4(6)7;;/h3H2,1-2H3,(H,6,7);;/q;+1;-1. The fourth-order valence-corrected chi connectivity index (χ4v) is 0.271. The van der Waals surface area contributed by atoms with Gasteiger partial charge < -0.3 is 6.53 Å². The van der Waals surface area contributed by atoms with E-state index in [0.717, 1.165) is 0 Å². The Balaban J connectivity index is -0.000000180. The van der Waals surface area contributed by atoms with Crippen molar-refractivity contribution in [1.29, 1.82) is 0 Å². The van der Waals surface area contributed by atoms with Gasteiger partial charge in [-0.1, -0.05) is 0 Å². The molecule has 0 heterocycles. The third-order valence-electron chi connectivity index (χ3n) is 0.451. The Labute approximate surface area is 62.3 Å². The topological polar surface area (TPSA) is 40.5 Å². The summed E-state index contributed by atoms with van der Waals surface area (Å²) in [6.45, 7) is 0.111. The molecular formula is C4H10LiNO2. The molecule has 0 atom stereocenters. The maximum absolute atomic E-state index is 9.77. The molecule has 0 radical (unpaired) electrons. The van der Waals surface area contributed by atoms with Crippen LogP contribution in [0.2, 0.25) is 0 Å². The Bertz CT molecular complexity index is 79.0. The summed E-state index contributed by atoms with van der Waals surface area (Å²) in [4.78, 5) is 11.4. The fourth-order valence-electron chi connectivity index (χ4n) is 0.271. The van der Waals surface area contributed by atoms with E-state index < -0.39 is 5.97 Å². The van der Waals surface area contributed by atoms with Crippen molar-refractivity contribution >= 4 is 5.97 Å². The molecule has 0 aromatic carbocycles. The molecule has 0 unspecified atom stereocenters. The molecule has 3 nitrogen and oxygen atoms in total. The molecule has 0 amide bonds. The molecule has 44 valence electrons. The molecular weight excluding hydrogens is 101 g/mol. The van der Waals surface area contributed by atoms with Crippen molar-refractivity contribution in [2.45, 2.75) is 0 Å². The van der Waals surface area contributed by atoms with Crippen molar-refractivity contribution in [3.05, 3.63) is 0 Å². The molecule has 0 aromatic rings. The number of carboxylic acid groups (broad SMARTS) is 1. The van der Waals surface area contributed by atoms with E-state index in [9.17, 15) is 4.79 Å². The smallest absolute Gasteiger partial charge is 1.00 e. The van der Waals surface area contributed by atoms with Crippen molar-refractivity contribution in [3.8, 4) is 0 Å². The van der Waals surface area contributed by atoms with Crippen LogP contribution in [-0.2, 0) is 4.79 Å². The van der Waals surface area contributed by atoms with E-state index in [2.05, 4.69) is 0 Å². The molecule has 1 N–H and O–H groups in total. The van der Waals surface area contributed by atoms with Gasteiger partial charge in [-0.15, -0.1) is 0 Å². The van der Waals surface area contributed by atoms with Crippen molar-refractivity contribution in [1.82, 2.24) is 4.90 Å². The van der Waals surface area contributed by atoms with Gasteiger partial charge in [-0.2, -0.15) is 0 Å². The van der Waals surface area contributed by atoms with Gasteiger partial charge in [0.2, 0.25) is 0 Å². The SMILES string of the molecule is CN(C)CC(=O)O.[H-].[Li+]. The van der Waals surface area contributed by atoms with Crippen LogP contribution in [-0.4, -0.2) is 36.6 Å². The van der Waals surface area contributed by atoms with E-state index in [1.165, 1.54) is 0 Å². The third-order valence-corrected chi connectivity index (χ3v) is 0.451. The first kappa shape index (κ1) is 10.9. The van der Waals surface area contributed by atoms with Crippen LogP contribution in [0.4, 0.5) is 0 Å². The average Bonchev–Trinajstić information content (AvgIpc) is 1.27. The van der Waals surface area contributed by atoms with Crippen molar-refractivity contribution in [2.75, 3.05) is 20.6 Å². The van der Waals surface area contributed by atoms with Crippen molar-refractivity contribution < 1.29 is 30.2 Å². The Hall–Kier alpha value is 0.0274. The fraction of sp³-hybridized carbons (Fsp3) is 0.750. The van der Waals surface area contributed by atoms with Crippen LogP contribution in [0.1, 0.15) is 1.43 Å². The van der Waals surface area contributed by atoms with E-state index >= 15 is 0 Å².